The standard InChI is InChI=1S/C27H19IN4O2S/c1-3-15-11-18-19(14-21(15)28)24(34)20(23(18)33)12-17-13-22-25(32(17)16-7-5-4-6-8-16)30-26(31(22)2)27-29-9-10-35-27/h4-14H,3H2,1-2H3/b20-12+. The van der Waals surface area contributed by atoms with Gasteiger partial charge in [-0.1, -0.05) is 25.1 Å². The maximum Gasteiger partial charge on any atom is 0.197 e. The monoisotopic (exact) mass is 590 g/mol. The van der Waals surface area contributed by atoms with E-state index in [2.05, 4.69) is 27.6 Å². The van der Waals surface area contributed by atoms with Gasteiger partial charge in [0.2, 0.25) is 0 Å². The SMILES string of the molecule is CCc1cc2c(cc1I)C(=O)/C(=C/c1cc3c(nc(-c4nccs4)n3C)n1-c1ccccc1)C2=O. The van der Waals surface area contributed by atoms with Crippen LogP contribution < -0.4 is 0 Å². The molecular formula is C27H19IN4O2S. The van der Waals surface area contributed by atoms with Crippen LogP contribution in [0.5, 0.6) is 0 Å². The Morgan fingerprint density at radius 1 is 1.06 bits per heavy atom. The van der Waals surface area contributed by atoms with Crippen molar-refractivity contribution in [2.75, 3.05) is 0 Å². The lowest BCUT2D eigenvalue weighted by atomic mass is 10.0. The average molecular weight is 590 g/mol. The third kappa shape index (κ3) is 3.42. The van der Waals surface area contributed by atoms with Crippen LogP contribution >= 0.6 is 33.9 Å². The van der Waals surface area contributed by atoms with Crippen molar-refractivity contribution in [2.45, 2.75) is 13.3 Å². The summed E-state index contributed by atoms with van der Waals surface area (Å²) >= 11 is 3.76. The fourth-order valence-corrected chi connectivity index (χ4v) is 6.08. The fraction of sp³-hybridized carbons (Fsp3) is 0.111. The Labute approximate surface area is 219 Å². The number of halogens is 1. The number of hydrogen-bond donors (Lipinski definition) is 0. The van der Waals surface area contributed by atoms with Crippen LogP contribution in [0.25, 0.3) is 33.8 Å². The van der Waals surface area contributed by atoms with Crippen molar-refractivity contribution in [1.82, 2.24) is 19.1 Å². The first-order valence-electron chi connectivity index (χ1n) is 11.1. The van der Waals surface area contributed by atoms with E-state index in [1.165, 1.54) is 11.3 Å². The molecule has 0 saturated heterocycles. The smallest absolute Gasteiger partial charge is 0.197 e. The topological polar surface area (TPSA) is 69.8 Å². The molecule has 5 aromatic rings. The molecule has 3 aromatic heterocycles. The summed E-state index contributed by atoms with van der Waals surface area (Å²) in [6.45, 7) is 2.05. The quantitative estimate of drug-likeness (QED) is 0.144. The molecule has 6 rings (SSSR count). The molecule has 1 aliphatic carbocycles. The van der Waals surface area contributed by atoms with Gasteiger partial charge in [-0.2, -0.15) is 0 Å². The predicted octanol–water partition coefficient (Wildman–Crippen LogP) is 6.12. The Bertz CT molecular complexity index is 1680. The Morgan fingerprint density at radius 3 is 2.49 bits per heavy atom. The van der Waals surface area contributed by atoms with Crippen LogP contribution in [0, 0.1) is 3.57 Å². The number of fused-ring (bicyclic) bond motifs is 2. The van der Waals surface area contributed by atoms with Gasteiger partial charge in [-0.25, -0.2) is 9.97 Å². The van der Waals surface area contributed by atoms with Crippen LogP contribution in [0.3, 0.4) is 0 Å². The maximum atomic E-state index is 13.3. The van der Waals surface area contributed by atoms with Gasteiger partial charge in [-0.05, 0) is 71.0 Å². The minimum atomic E-state index is -0.230. The Hall–Kier alpha value is -3.37. The van der Waals surface area contributed by atoms with Crippen molar-refractivity contribution in [3.8, 4) is 16.5 Å². The Balaban J connectivity index is 1.56. The first-order valence-corrected chi connectivity index (χ1v) is 13.1. The number of benzene rings is 2. The number of thiazole rings is 1. The minimum Gasteiger partial charge on any atom is -0.324 e. The van der Waals surface area contributed by atoms with Gasteiger partial charge in [0.25, 0.3) is 0 Å². The molecule has 172 valence electrons. The number of carbonyl (C=O) groups is 2. The second-order valence-corrected chi connectivity index (χ2v) is 10.4. The molecule has 6 nitrogen and oxygen atoms in total. The van der Waals surface area contributed by atoms with Crippen molar-refractivity contribution < 1.29 is 9.59 Å². The lowest BCUT2D eigenvalue weighted by Crippen LogP contribution is -2.03. The Morgan fingerprint density at radius 2 is 1.80 bits per heavy atom. The van der Waals surface area contributed by atoms with Gasteiger partial charge in [0.05, 0.1) is 16.8 Å². The highest BCUT2D eigenvalue weighted by Gasteiger charge is 2.34. The lowest BCUT2D eigenvalue weighted by Gasteiger charge is -2.07. The normalized spacial score (nSPS) is 14.4. The number of carbonyl (C=O) groups excluding carboxylic acids is 2. The molecule has 1 aliphatic rings. The summed E-state index contributed by atoms with van der Waals surface area (Å²) in [4.78, 5) is 36.0. The fourth-order valence-electron chi connectivity index (χ4n) is 4.57. The van der Waals surface area contributed by atoms with E-state index in [1.54, 1.807) is 12.3 Å². The molecule has 0 radical (unpaired) electrons. The molecular weight excluding hydrogens is 571 g/mol. The molecule has 0 N–H and O–H groups in total. The number of nitrogens with zero attached hydrogens (tertiary/aromatic N) is 4. The highest BCUT2D eigenvalue weighted by molar-refractivity contribution is 14.1. The van der Waals surface area contributed by atoms with Gasteiger partial charge < -0.3 is 4.57 Å². The molecule has 8 heteroatoms. The first-order chi connectivity index (χ1) is 17.0. The summed E-state index contributed by atoms with van der Waals surface area (Å²) in [5.41, 5.74) is 5.49. The molecule has 3 heterocycles. The Kier molecular flexibility index (Phi) is 5.30. The van der Waals surface area contributed by atoms with Gasteiger partial charge >= 0.3 is 0 Å². The van der Waals surface area contributed by atoms with E-state index in [1.807, 2.05) is 77.0 Å². The third-order valence-electron chi connectivity index (χ3n) is 6.35. The van der Waals surface area contributed by atoms with Gasteiger partial charge in [0.1, 0.15) is 0 Å². The molecule has 0 atom stereocenters. The van der Waals surface area contributed by atoms with Gasteiger partial charge in [-0.3, -0.25) is 14.2 Å². The van der Waals surface area contributed by atoms with Crippen molar-refractivity contribution in [1.29, 1.82) is 0 Å². The second kappa shape index (κ2) is 8.39. The molecule has 0 unspecified atom stereocenters. The number of ketones is 2. The number of hydrogen-bond acceptors (Lipinski definition) is 5. The van der Waals surface area contributed by atoms with E-state index < -0.39 is 0 Å². The average Bonchev–Trinajstić information content (AvgIpc) is 3.62. The number of rotatable bonds is 4. The molecule has 2 aromatic carbocycles. The largest absolute Gasteiger partial charge is 0.324 e. The number of aromatic nitrogens is 4. The van der Waals surface area contributed by atoms with Crippen LogP contribution in [-0.4, -0.2) is 30.7 Å². The zero-order valence-electron chi connectivity index (χ0n) is 18.9. The molecule has 0 fully saturated rings. The number of Topliss-reactive ketones (excluding diaryl/α,β-unsaturated/α-hetero) is 2. The number of imidazole rings is 1. The van der Waals surface area contributed by atoms with Gasteiger partial charge in [0, 0.05) is 39.0 Å². The summed E-state index contributed by atoms with van der Waals surface area (Å²) in [6.07, 6.45) is 4.28. The number of allylic oxidation sites excluding steroid dienone is 1. The highest BCUT2D eigenvalue weighted by Crippen LogP contribution is 2.34. The molecule has 0 aliphatic heterocycles. The van der Waals surface area contributed by atoms with Crippen molar-refractivity contribution in [3.63, 3.8) is 0 Å². The van der Waals surface area contributed by atoms with Gasteiger partial charge in [0.15, 0.2) is 28.0 Å². The first kappa shape index (κ1) is 22.1. The number of para-hydroxylation sites is 1. The van der Waals surface area contributed by atoms with Crippen LogP contribution in [0.2, 0.25) is 0 Å². The van der Waals surface area contributed by atoms with Gasteiger partial charge in [-0.15, -0.1) is 11.3 Å². The zero-order valence-corrected chi connectivity index (χ0v) is 21.9. The summed E-state index contributed by atoms with van der Waals surface area (Å²) in [6, 6.07) is 15.5. The lowest BCUT2D eigenvalue weighted by molar-refractivity contribution is 0.0990. The molecule has 0 amide bonds. The third-order valence-corrected chi connectivity index (χ3v) is 8.12. The molecule has 0 saturated carbocycles. The number of aryl methyl sites for hydroxylation is 2. The van der Waals surface area contributed by atoms with E-state index in [-0.39, 0.29) is 17.1 Å². The van der Waals surface area contributed by atoms with Crippen LogP contribution in [0.4, 0.5) is 0 Å². The summed E-state index contributed by atoms with van der Waals surface area (Å²) in [7, 11) is 1.95. The van der Waals surface area contributed by atoms with Crippen LogP contribution in [0.1, 0.15) is 38.9 Å². The highest BCUT2D eigenvalue weighted by atomic mass is 127. The van der Waals surface area contributed by atoms with E-state index >= 15 is 0 Å². The van der Waals surface area contributed by atoms with Crippen LogP contribution in [-0.2, 0) is 13.5 Å². The van der Waals surface area contributed by atoms with Crippen LogP contribution in [0.15, 0.2) is 65.7 Å². The maximum absolute atomic E-state index is 13.3. The second-order valence-electron chi connectivity index (χ2n) is 8.34. The summed E-state index contributed by atoms with van der Waals surface area (Å²) in [5.74, 6) is 0.320. The van der Waals surface area contributed by atoms with Crippen molar-refractivity contribution in [3.05, 3.63) is 91.6 Å². The van der Waals surface area contributed by atoms with E-state index in [0.29, 0.717) is 11.1 Å². The van der Waals surface area contributed by atoms with Crippen molar-refractivity contribution >= 4 is 62.7 Å². The minimum absolute atomic E-state index is 0.184. The molecule has 35 heavy (non-hydrogen) atoms. The van der Waals surface area contributed by atoms with E-state index in [0.717, 1.165) is 48.9 Å². The molecule has 0 bridgehead atoms. The summed E-state index contributed by atoms with van der Waals surface area (Å²) < 4.78 is 4.99. The summed E-state index contributed by atoms with van der Waals surface area (Å²) in [5, 5.41) is 2.76. The van der Waals surface area contributed by atoms with E-state index in [4.69, 9.17) is 4.98 Å². The van der Waals surface area contributed by atoms with Crippen molar-refractivity contribution in [2.24, 2.45) is 7.05 Å². The van der Waals surface area contributed by atoms with E-state index in [9.17, 15) is 9.59 Å². The predicted molar refractivity (Wildman–Crippen MR) is 146 cm³/mol. The molecule has 0 spiro atoms. The zero-order chi connectivity index (χ0) is 24.3.